The van der Waals surface area contributed by atoms with Gasteiger partial charge in [-0.25, -0.2) is 0 Å². The van der Waals surface area contributed by atoms with Gasteiger partial charge >= 0.3 is 0 Å². The molecule has 3 atom stereocenters. The molecule has 4 heteroatoms. The fourth-order valence-electron chi connectivity index (χ4n) is 4.18. The van der Waals surface area contributed by atoms with Crippen LogP contribution in [0.3, 0.4) is 0 Å². The van der Waals surface area contributed by atoms with Crippen LogP contribution in [0.1, 0.15) is 45.4 Å². The summed E-state index contributed by atoms with van der Waals surface area (Å²) in [5, 5.41) is 3.46. The van der Waals surface area contributed by atoms with Crippen LogP contribution in [-0.2, 0) is 4.79 Å². The molecule has 0 bridgehead atoms. The molecule has 0 aromatic heterocycles. The van der Waals surface area contributed by atoms with Gasteiger partial charge in [-0.1, -0.05) is 13.3 Å². The van der Waals surface area contributed by atoms with Gasteiger partial charge in [-0.15, -0.1) is 0 Å². The second-order valence-corrected chi connectivity index (χ2v) is 6.78. The standard InChI is InChI=1S/C16H29N3O/c1-2-13-6-7-17-15(11-13)16(20)19-10-4-9-18-8-3-5-14(18)12-19/h13-15,17H,2-12H2,1H3. The first kappa shape index (κ1) is 14.3. The minimum absolute atomic E-state index is 0.0849. The fourth-order valence-corrected chi connectivity index (χ4v) is 4.18. The van der Waals surface area contributed by atoms with Crippen molar-refractivity contribution in [1.29, 1.82) is 0 Å². The van der Waals surface area contributed by atoms with Crippen molar-refractivity contribution in [3.63, 3.8) is 0 Å². The molecule has 114 valence electrons. The van der Waals surface area contributed by atoms with Gasteiger partial charge in [-0.3, -0.25) is 9.69 Å². The average Bonchev–Trinajstić information content (AvgIpc) is 2.83. The van der Waals surface area contributed by atoms with Crippen molar-refractivity contribution in [3.05, 3.63) is 0 Å². The zero-order valence-electron chi connectivity index (χ0n) is 12.8. The van der Waals surface area contributed by atoms with E-state index in [-0.39, 0.29) is 6.04 Å². The Kier molecular flexibility index (Phi) is 4.61. The van der Waals surface area contributed by atoms with E-state index in [0.29, 0.717) is 11.9 Å². The average molecular weight is 279 g/mol. The summed E-state index contributed by atoms with van der Waals surface area (Å²) >= 11 is 0. The molecule has 0 aromatic rings. The van der Waals surface area contributed by atoms with Gasteiger partial charge in [0.2, 0.25) is 5.91 Å². The summed E-state index contributed by atoms with van der Waals surface area (Å²) in [6.07, 6.45) is 7.22. The Hall–Kier alpha value is -0.610. The van der Waals surface area contributed by atoms with Gasteiger partial charge in [0, 0.05) is 25.7 Å². The third kappa shape index (κ3) is 3.01. The smallest absolute Gasteiger partial charge is 0.239 e. The maximum atomic E-state index is 12.8. The molecule has 3 aliphatic rings. The van der Waals surface area contributed by atoms with Gasteiger partial charge in [0.25, 0.3) is 0 Å². The molecule has 3 heterocycles. The number of piperidine rings is 1. The number of hydrogen-bond donors (Lipinski definition) is 1. The lowest BCUT2D eigenvalue weighted by Gasteiger charge is -2.33. The van der Waals surface area contributed by atoms with Crippen LogP contribution in [0.25, 0.3) is 0 Å². The Morgan fingerprint density at radius 1 is 1.20 bits per heavy atom. The van der Waals surface area contributed by atoms with Crippen LogP contribution in [0.5, 0.6) is 0 Å². The highest BCUT2D eigenvalue weighted by Crippen LogP contribution is 2.24. The van der Waals surface area contributed by atoms with Crippen molar-refractivity contribution in [3.8, 4) is 0 Å². The van der Waals surface area contributed by atoms with Crippen LogP contribution < -0.4 is 5.32 Å². The number of nitrogens with one attached hydrogen (secondary N) is 1. The SMILES string of the molecule is CCC1CCNC(C(=O)N2CCCN3CCCC3C2)C1. The molecule has 1 amide bonds. The number of nitrogens with zero attached hydrogens (tertiary/aromatic N) is 2. The molecule has 0 spiro atoms. The van der Waals surface area contributed by atoms with Gasteiger partial charge in [0.05, 0.1) is 6.04 Å². The number of fused-ring (bicyclic) bond motifs is 1. The summed E-state index contributed by atoms with van der Waals surface area (Å²) in [5.74, 6) is 1.11. The van der Waals surface area contributed by atoms with E-state index in [1.165, 1.54) is 38.8 Å². The summed E-state index contributed by atoms with van der Waals surface area (Å²) in [5.41, 5.74) is 0. The molecule has 4 nitrogen and oxygen atoms in total. The molecule has 0 saturated carbocycles. The highest BCUT2D eigenvalue weighted by Gasteiger charge is 2.34. The van der Waals surface area contributed by atoms with Crippen molar-refractivity contribution >= 4 is 5.91 Å². The van der Waals surface area contributed by atoms with E-state index in [2.05, 4.69) is 22.0 Å². The summed E-state index contributed by atoms with van der Waals surface area (Å²) < 4.78 is 0. The van der Waals surface area contributed by atoms with E-state index in [1.807, 2.05) is 0 Å². The topological polar surface area (TPSA) is 35.6 Å². The molecule has 20 heavy (non-hydrogen) atoms. The monoisotopic (exact) mass is 279 g/mol. The van der Waals surface area contributed by atoms with Crippen LogP contribution in [0.2, 0.25) is 0 Å². The summed E-state index contributed by atoms with van der Waals surface area (Å²) in [6.45, 7) is 7.61. The Labute approximate surface area is 122 Å². The van der Waals surface area contributed by atoms with E-state index in [9.17, 15) is 4.79 Å². The molecule has 0 aromatic carbocycles. The van der Waals surface area contributed by atoms with Gasteiger partial charge in [-0.2, -0.15) is 0 Å². The Morgan fingerprint density at radius 3 is 2.90 bits per heavy atom. The number of rotatable bonds is 2. The van der Waals surface area contributed by atoms with E-state index in [4.69, 9.17) is 0 Å². The first-order chi connectivity index (χ1) is 9.78. The molecule has 3 saturated heterocycles. The molecule has 3 rings (SSSR count). The zero-order chi connectivity index (χ0) is 13.9. The van der Waals surface area contributed by atoms with Crippen molar-refractivity contribution < 1.29 is 4.79 Å². The Morgan fingerprint density at radius 2 is 2.05 bits per heavy atom. The van der Waals surface area contributed by atoms with Crippen LogP contribution in [0, 0.1) is 5.92 Å². The number of hydrogen-bond acceptors (Lipinski definition) is 3. The van der Waals surface area contributed by atoms with E-state index in [0.717, 1.165) is 38.4 Å². The minimum Gasteiger partial charge on any atom is -0.340 e. The maximum Gasteiger partial charge on any atom is 0.239 e. The molecular weight excluding hydrogens is 250 g/mol. The summed E-state index contributed by atoms with van der Waals surface area (Å²) in [6, 6.07) is 0.716. The highest BCUT2D eigenvalue weighted by molar-refractivity contribution is 5.82. The van der Waals surface area contributed by atoms with E-state index in [1.54, 1.807) is 0 Å². The molecule has 1 N–H and O–H groups in total. The largest absolute Gasteiger partial charge is 0.340 e. The lowest BCUT2D eigenvalue weighted by molar-refractivity contribution is -0.134. The first-order valence-corrected chi connectivity index (χ1v) is 8.54. The Balaban J connectivity index is 1.60. The van der Waals surface area contributed by atoms with Crippen molar-refractivity contribution in [2.45, 2.75) is 57.5 Å². The van der Waals surface area contributed by atoms with Crippen LogP contribution in [-0.4, -0.2) is 60.5 Å². The molecule has 3 aliphatic heterocycles. The van der Waals surface area contributed by atoms with Gasteiger partial charge < -0.3 is 10.2 Å². The fraction of sp³-hybridized carbons (Fsp3) is 0.938. The summed E-state index contributed by atoms with van der Waals surface area (Å²) in [7, 11) is 0. The lowest BCUT2D eigenvalue weighted by atomic mass is 9.90. The number of carbonyl (C=O) groups excluding carboxylic acids is 1. The van der Waals surface area contributed by atoms with Crippen LogP contribution in [0.15, 0.2) is 0 Å². The number of amides is 1. The lowest BCUT2D eigenvalue weighted by Crippen LogP contribution is -2.52. The van der Waals surface area contributed by atoms with E-state index < -0.39 is 0 Å². The summed E-state index contributed by atoms with van der Waals surface area (Å²) in [4.78, 5) is 17.6. The van der Waals surface area contributed by atoms with E-state index >= 15 is 0 Å². The van der Waals surface area contributed by atoms with Crippen LogP contribution in [0.4, 0.5) is 0 Å². The first-order valence-electron chi connectivity index (χ1n) is 8.54. The van der Waals surface area contributed by atoms with Crippen LogP contribution >= 0.6 is 0 Å². The highest BCUT2D eigenvalue weighted by atomic mass is 16.2. The van der Waals surface area contributed by atoms with Crippen molar-refractivity contribution in [1.82, 2.24) is 15.1 Å². The normalized spacial score (nSPS) is 35.6. The third-order valence-corrected chi connectivity index (χ3v) is 5.50. The second kappa shape index (κ2) is 6.44. The third-order valence-electron chi connectivity index (χ3n) is 5.50. The second-order valence-electron chi connectivity index (χ2n) is 6.78. The minimum atomic E-state index is 0.0849. The molecule has 0 aliphatic carbocycles. The Bertz CT molecular complexity index is 347. The van der Waals surface area contributed by atoms with Crippen molar-refractivity contribution in [2.24, 2.45) is 5.92 Å². The maximum absolute atomic E-state index is 12.8. The molecule has 3 fully saturated rings. The molecular formula is C16H29N3O. The van der Waals surface area contributed by atoms with Gasteiger partial charge in [0.15, 0.2) is 0 Å². The predicted molar refractivity (Wildman–Crippen MR) is 80.6 cm³/mol. The van der Waals surface area contributed by atoms with Gasteiger partial charge in [-0.05, 0) is 51.1 Å². The van der Waals surface area contributed by atoms with Gasteiger partial charge in [0.1, 0.15) is 0 Å². The number of carbonyl (C=O) groups is 1. The predicted octanol–water partition coefficient (Wildman–Crippen LogP) is 1.46. The molecule has 0 radical (unpaired) electrons. The quantitative estimate of drug-likeness (QED) is 0.831. The van der Waals surface area contributed by atoms with Crippen molar-refractivity contribution in [2.75, 3.05) is 32.7 Å². The molecule has 3 unspecified atom stereocenters. The zero-order valence-corrected chi connectivity index (χ0v) is 12.8.